The van der Waals surface area contributed by atoms with Crippen molar-refractivity contribution in [2.45, 2.75) is 39.5 Å². The highest BCUT2D eigenvalue weighted by atomic mass is 16.5. The van der Waals surface area contributed by atoms with Crippen LogP contribution in [0.3, 0.4) is 0 Å². The number of aryl methyl sites for hydroxylation is 2. The van der Waals surface area contributed by atoms with Crippen molar-refractivity contribution in [3.8, 4) is 11.4 Å². The number of benzene rings is 2. The van der Waals surface area contributed by atoms with E-state index in [1.807, 2.05) is 54.1 Å². The third-order valence-electron chi connectivity index (χ3n) is 5.51. The molecule has 0 saturated carbocycles. The second-order valence-electron chi connectivity index (χ2n) is 8.32. The number of nitrogens with one attached hydrogen (secondary N) is 2. The van der Waals surface area contributed by atoms with E-state index in [0.717, 1.165) is 28.4 Å². The zero-order valence-corrected chi connectivity index (χ0v) is 18.6. The van der Waals surface area contributed by atoms with Crippen LogP contribution in [0.1, 0.15) is 53.4 Å². The SMILES string of the molecule is Cc1ccc(-n2ncc(C(=O)NCCOc3ccc4c(c3)CCC(=O)N4)c2C(C)C)cc1. The second kappa shape index (κ2) is 9.26. The van der Waals surface area contributed by atoms with Crippen LogP contribution in [0.4, 0.5) is 5.69 Å². The lowest BCUT2D eigenvalue weighted by Gasteiger charge is -2.17. The molecule has 2 N–H and O–H groups in total. The van der Waals surface area contributed by atoms with E-state index in [-0.39, 0.29) is 17.7 Å². The van der Waals surface area contributed by atoms with Gasteiger partial charge in [0, 0.05) is 12.1 Å². The molecule has 32 heavy (non-hydrogen) atoms. The van der Waals surface area contributed by atoms with Crippen molar-refractivity contribution in [1.82, 2.24) is 15.1 Å². The van der Waals surface area contributed by atoms with E-state index in [9.17, 15) is 9.59 Å². The molecule has 0 fully saturated rings. The molecule has 7 nitrogen and oxygen atoms in total. The number of ether oxygens (including phenoxy) is 1. The molecule has 0 aliphatic carbocycles. The van der Waals surface area contributed by atoms with Crippen LogP contribution in [0.15, 0.2) is 48.7 Å². The number of hydrogen-bond donors (Lipinski definition) is 2. The van der Waals surface area contributed by atoms with Gasteiger partial charge < -0.3 is 15.4 Å². The Bertz CT molecular complexity index is 1130. The van der Waals surface area contributed by atoms with Crippen LogP contribution in [-0.4, -0.2) is 34.7 Å². The number of nitrogens with zero attached hydrogens (tertiary/aromatic N) is 2. The summed E-state index contributed by atoms with van der Waals surface area (Å²) in [5.74, 6) is 0.736. The number of amides is 2. The molecule has 4 rings (SSSR count). The first-order valence-corrected chi connectivity index (χ1v) is 10.9. The summed E-state index contributed by atoms with van der Waals surface area (Å²) >= 11 is 0. The average Bonchev–Trinajstić information content (AvgIpc) is 3.23. The molecule has 1 aromatic heterocycles. The Morgan fingerprint density at radius 3 is 2.72 bits per heavy atom. The first-order valence-electron chi connectivity index (χ1n) is 10.9. The van der Waals surface area contributed by atoms with E-state index in [4.69, 9.17) is 4.74 Å². The van der Waals surface area contributed by atoms with Gasteiger partial charge in [-0.05, 0) is 55.2 Å². The summed E-state index contributed by atoms with van der Waals surface area (Å²) in [6.07, 6.45) is 2.82. The van der Waals surface area contributed by atoms with E-state index in [1.54, 1.807) is 6.20 Å². The van der Waals surface area contributed by atoms with Crippen LogP contribution in [0.2, 0.25) is 0 Å². The molecule has 0 bridgehead atoms. The van der Waals surface area contributed by atoms with Crippen LogP contribution >= 0.6 is 0 Å². The molecule has 0 spiro atoms. The smallest absolute Gasteiger partial charge is 0.254 e. The molecule has 0 saturated heterocycles. The molecule has 2 heterocycles. The van der Waals surface area contributed by atoms with Crippen molar-refractivity contribution in [1.29, 1.82) is 0 Å². The topological polar surface area (TPSA) is 85.2 Å². The fourth-order valence-electron chi connectivity index (χ4n) is 3.86. The third kappa shape index (κ3) is 4.66. The van der Waals surface area contributed by atoms with Gasteiger partial charge in [-0.2, -0.15) is 5.10 Å². The fraction of sp³-hybridized carbons (Fsp3) is 0.320. The van der Waals surface area contributed by atoms with Crippen LogP contribution in [0, 0.1) is 6.92 Å². The monoisotopic (exact) mass is 432 g/mol. The third-order valence-corrected chi connectivity index (χ3v) is 5.51. The van der Waals surface area contributed by atoms with E-state index in [1.165, 1.54) is 5.56 Å². The van der Waals surface area contributed by atoms with E-state index >= 15 is 0 Å². The summed E-state index contributed by atoms with van der Waals surface area (Å²) in [6, 6.07) is 13.7. The van der Waals surface area contributed by atoms with Gasteiger partial charge >= 0.3 is 0 Å². The van der Waals surface area contributed by atoms with Crippen LogP contribution in [0.5, 0.6) is 5.75 Å². The molecule has 0 atom stereocenters. The summed E-state index contributed by atoms with van der Waals surface area (Å²) in [5.41, 5.74) is 5.47. The molecule has 166 valence electrons. The lowest BCUT2D eigenvalue weighted by Crippen LogP contribution is -2.29. The van der Waals surface area contributed by atoms with Gasteiger partial charge in [0.15, 0.2) is 0 Å². The van der Waals surface area contributed by atoms with E-state index < -0.39 is 0 Å². The Hall–Kier alpha value is -3.61. The van der Waals surface area contributed by atoms with Crippen molar-refractivity contribution in [2.75, 3.05) is 18.5 Å². The largest absolute Gasteiger partial charge is 0.492 e. The van der Waals surface area contributed by atoms with Crippen molar-refractivity contribution in [2.24, 2.45) is 0 Å². The first kappa shape index (κ1) is 21.6. The molecular formula is C25H28N4O3. The number of fused-ring (bicyclic) bond motifs is 1. The van der Waals surface area contributed by atoms with Crippen molar-refractivity contribution >= 4 is 17.5 Å². The lowest BCUT2D eigenvalue weighted by molar-refractivity contribution is -0.116. The Balaban J connectivity index is 1.37. The summed E-state index contributed by atoms with van der Waals surface area (Å²) < 4.78 is 7.64. The summed E-state index contributed by atoms with van der Waals surface area (Å²) in [7, 11) is 0. The molecule has 7 heteroatoms. The minimum absolute atomic E-state index is 0.0420. The number of anilines is 1. The maximum Gasteiger partial charge on any atom is 0.254 e. The van der Waals surface area contributed by atoms with Crippen LogP contribution in [0.25, 0.3) is 5.69 Å². The first-order chi connectivity index (χ1) is 15.4. The summed E-state index contributed by atoms with van der Waals surface area (Å²) in [5, 5.41) is 10.3. The van der Waals surface area contributed by atoms with Gasteiger partial charge in [0.05, 0.1) is 29.7 Å². The molecule has 0 unspecified atom stereocenters. The maximum absolute atomic E-state index is 12.8. The maximum atomic E-state index is 12.8. The Labute approximate surface area is 187 Å². The van der Waals surface area contributed by atoms with Gasteiger partial charge in [0.25, 0.3) is 5.91 Å². The Morgan fingerprint density at radius 2 is 1.97 bits per heavy atom. The highest BCUT2D eigenvalue weighted by molar-refractivity contribution is 5.95. The van der Waals surface area contributed by atoms with Crippen LogP contribution < -0.4 is 15.4 Å². The molecule has 1 aliphatic rings. The normalized spacial score (nSPS) is 12.9. The van der Waals surface area contributed by atoms with Crippen molar-refractivity contribution in [3.63, 3.8) is 0 Å². The molecule has 1 aliphatic heterocycles. The predicted octanol–water partition coefficient (Wildman–Crippen LogP) is 4.00. The molecule has 0 radical (unpaired) electrons. The average molecular weight is 433 g/mol. The van der Waals surface area contributed by atoms with E-state index in [0.29, 0.717) is 31.6 Å². The van der Waals surface area contributed by atoms with Crippen molar-refractivity contribution in [3.05, 3.63) is 71.0 Å². The molecule has 2 amide bonds. The lowest BCUT2D eigenvalue weighted by atomic mass is 10.0. The number of rotatable bonds is 7. The number of aromatic nitrogens is 2. The molecular weight excluding hydrogens is 404 g/mol. The number of carbonyl (C=O) groups excluding carboxylic acids is 2. The van der Waals surface area contributed by atoms with Gasteiger partial charge in [0.1, 0.15) is 12.4 Å². The van der Waals surface area contributed by atoms with E-state index in [2.05, 4.69) is 29.6 Å². The van der Waals surface area contributed by atoms with Crippen LogP contribution in [-0.2, 0) is 11.2 Å². The van der Waals surface area contributed by atoms with Gasteiger partial charge in [-0.3, -0.25) is 9.59 Å². The summed E-state index contributed by atoms with van der Waals surface area (Å²) in [4.78, 5) is 24.3. The number of hydrogen-bond acceptors (Lipinski definition) is 4. The highest BCUT2D eigenvalue weighted by Crippen LogP contribution is 2.27. The second-order valence-corrected chi connectivity index (χ2v) is 8.32. The number of carbonyl (C=O) groups is 2. The Kier molecular flexibility index (Phi) is 6.25. The Morgan fingerprint density at radius 1 is 1.19 bits per heavy atom. The van der Waals surface area contributed by atoms with Gasteiger partial charge in [-0.25, -0.2) is 4.68 Å². The van der Waals surface area contributed by atoms with Gasteiger partial charge in [-0.15, -0.1) is 0 Å². The fourth-order valence-corrected chi connectivity index (χ4v) is 3.86. The zero-order valence-electron chi connectivity index (χ0n) is 18.6. The summed E-state index contributed by atoms with van der Waals surface area (Å²) in [6.45, 7) is 6.87. The quantitative estimate of drug-likeness (QED) is 0.553. The van der Waals surface area contributed by atoms with Gasteiger partial charge in [0.2, 0.25) is 5.91 Å². The standard InChI is InChI=1S/C25H28N4O3/c1-16(2)24-21(15-27-29(24)19-7-4-17(3)5-8-19)25(31)26-12-13-32-20-9-10-22-18(14-20)6-11-23(30)28-22/h4-5,7-10,14-16H,6,11-13H2,1-3H3,(H,26,31)(H,28,30). The van der Waals surface area contributed by atoms with Gasteiger partial charge in [-0.1, -0.05) is 31.5 Å². The molecule has 2 aromatic carbocycles. The predicted molar refractivity (Wildman–Crippen MR) is 124 cm³/mol. The minimum atomic E-state index is -0.163. The molecule has 3 aromatic rings. The zero-order chi connectivity index (χ0) is 22.7. The minimum Gasteiger partial charge on any atom is -0.492 e. The highest BCUT2D eigenvalue weighted by Gasteiger charge is 2.21. The van der Waals surface area contributed by atoms with Crippen molar-refractivity contribution < 1.29 is 14.3 Å².